The van der Waals surface area contributed by atoms with Gasteiger partial charge in [-0.3, -0.25) is 4.57 Å². The van der Waals surface area contributed by atoms with Crippen LogP contribution in [0, 0.1) is 0 Å². The first kappa shape index (κ1) is 30.0. The SMILES string of the molecule is C=C1/C=C\C=C/COc2ccccc2C12c1ccccc1-c1cc3c(cc12)c1ccccc1n3-c1nc(-c2ccccc2)nc(-c2ccccc2)n1. The van der Waals surface area contributed by atoms with Crippen LogP contribution in [0.25, 0.3) is 61.7 Å². The molecule has 0 bridgehead atoms. The summed E-state index contributed by atoms with van der Waals surface area (Å²) in [6, 6.07) is 50.6. The van der Waals surface area contributed by atoms with E-state index in [2.05, 4.69) is 95.6 Å². The van der Waals surface area contributed by atoms with Gasteiger partial charge >= 0.3 is 0 Å². The fourth-order valence-electron chi connectivity index (χ4n) is 8.13. The van der Waals surface area contributed by atoms with Crippen molar-refractivity contribution in [2.24, 2.45) is 0 Å². The van der Waals surface area contributed by atoms with Crippen molar-refractivity contribution in [3.8, 4) is 45.6 Å². The summed E-state index contributed by atoms with van der Waals surface area (Å²) >= 11 is 0. The summed E-state index contributed by atoms with van der Waals surface area (Å²) in [6.45, 7) is 5.26. The van der Waals surface area contributed by atoms with Gasteiger partial charge in [0.1, 0.15) is 12.4 Å². The topological polar surface area (TPSA) is 52.8 Å². The van der Waals surface area contributed by atoms with Crippen LogP contribution in [0.5, 0.6) is 5.75 Å². The monoisotopic (exact) mass is 668 g/mol. The largest absolute Gasteiger partial charge is 0.489 e. The van der Waals surface area contributed by atoms with Crippen molar-refractivity contribution in [3.05, 3.63) is 199 Å². The number of rotatable bonds is 3. The van der Waals surface area contributed by atoms with Gasteiger partial charge in [-0.1, -0.05) is 146 Å². The number of fused-ring (bicyclic) bond motifs is 10. The van der Waals surface area contributed by atoms with E-state index in [1.54, 1.807) is 0 Å². The minimum Gasteiger partial charge on any atom is -0.489 e. The molecule has 0 saturated carbocycles. The van der Waals surface area contributed by atoms with Crippen molar-refractivity contribution in [2.45, 2.75) is 5.41 Å². The van der Waals surface area contributed by atoms with Crippen molar-refractivity contribution in [1.29, 1.82) is 0 Å². The lowest BCUT2D eigenvalue weighted by atomic mass is 9.67. The number of ether oxygens (including phenoxy) is 1. The summed E-state index contributed by atoms with van der Waals surface area (Å²) < 4.78 is 8.65. The Morgan fingerprint density at radius 3 is 1.98 bits per heavy atom. The Morgan fingerprint density at radius 2 is 1.21 bits per heavy atom. The van der Waals surface area contributed by atoms with Gasteiger partial charge in [0.25, 0.3) is 0 Å². The number of benzene rings is 6. The molecular weight excluding hydrogens is 637 g/mol. The molecule has 8 aromatic rings. The highest BCUT2D eigenvalue weighted by atomic mass is 16.5. The van der Waals surface area contributed by atoms with E-state index in [4.69, 9.17) is 26.3 Å². The second kappa shape index (κ2) is 11.9. The summed E-state index contributed by atoms with van der Waals surface area (Å²) in [6.07, 6.45) is 8.29. The molecule has 1 spiro atoms. The molecule has 1 aliphatic carbocycles. The van der Waals surface area contributed by atoms with E-state index < -0.39 is 5.41 Å². The lowest BCUT2D eigenvalue weighted by Crippen LogP contribution is -2.29. The minimum absolute atomic E-state index is 0.479. The molecule has 1 aliphatic heterocycles. The Balaban J connectivity index is 1.31. The highest BCUT2D eigenvalue weighted by Crippen LogP contribution is 2.59. The second-order valence-corrected chi connectivity index (χ2v) is 13.2. The molecule has 6 aromatic carbocycles. The van der Waals surface area contributed by atoms with E-state index in [0.717, 1.165) is 55.4 Å². The van der Waals surface area contributed by atoms with E-state index in [-0.39, 0.29) is 0 Å². The van der Waals surface area contributed by atoms with Crippen LogP contribution in [0.2, 0.25) is 0 Å². The first-order valence-electron chi connectivity index (χ1n) is 17.5. The van der Waals surface area contributed by atoms with Crippen LogP contribution < -0.4 is 4.74 Å². The Hall–Kier alpha value is -6.85. The van der Waals surface area contributed by atoms with Crippen LogP contribution >= 0.6 is 0 Å². The van der Waals surface area contributed by atoms with Crippen molar-refractivity contribution in [3.63, 3.8) is 0 Å². The number of para-hydroxylation sites is 2. The van der Waals surface area contributed by atoms with E-state index >= 15 is 0 Å². The zero-order chi connectivity index (χ0) is 34.6. The molecule has 1 unspecified atom stereocenters. The molecule has 0 radical (unpaired) electrons. The third-order valence-electron chi connectivity index (χ3n) is 10.4. The van der Waals surface area contributed by atoms with Gasteiger partial charge in [0.15, 0.2) is 11.6 Å². The van der Waals surface area contributed by atoms with E-state index in [9.17, 15) is 0 Å². The van der Waals surface area contributed by atoms with Gasteiger partial charge in [0.2, 0.25) is 5.95 Å². The molecule has 0 N–H and O–H groups in total. The second-order valence-electron chi connectivity index (χ2n) is 13.2. The standard InChI is InChI=1S/C47H32N4O/c1-31-17-5-4-16-28-52-43-27-15-13-25-39(43)47(31)38-24-12-10-22-34(38)36-30-42-37(29-40(36)47)35-23-11-14-26-41(35)51(42)46-49-44(32-18-6-2-7-19-32)48-45(50-46)33-20-8-3-9-21-33/h2-27,29-30H,1,28H2/b16-4-,17-5-. The molecule has 1 atom stereocenters. The molecule has 0 saturated heterocycles. The average Bonchev–Trinajstić information content (AvgIpc) is 3.69. The number of aromatic nitrogens is 4. The molecule has 2 aromatic heterocycles. The van der Waals surface area contributed by atoms with Crippen LogP contribution in [-0.4, -0.2) is 26.1 Å². The highest BCUT2D eigenvalue weighted by molar-refractivity contribution is 6.11. The van der Waals surface area contributed by atoms with Gasteiger partial charge in [0, 0.05) is 27.5 Å². The van der Waals surface area contributed by atoms with Crippen molar-refractivity contribution in [2.75, 3.05) is 6.61 Å². The maximum Gasteiger partial charge on any atom is 0.238 e. The zero-order valence-corrected chi connectivity index (χ0v) is 28.3. The van der Waals surface area contributed by atoms with E-state index in [0.29, 0.717) is 24.2 Å². The minimum atomic E-state index is -0.685. The molecule has 0 amide bonds. The number of nitrogens with zero attached hydrogens (tertiary/aromatic N) is 4. The van der Waals surface area contributed by atoms with Gasteiger partial charge in [-0.2, -0.15) is 9.97 Å². The molecular formula is C47H32N4O. The van der Waals surface area contributed by atoms with Gasteiger partial charge in [-0.15, -0.1) is 0 Å². The van der Waals surface area contributed by atoms with Crippen molar-refractivity contribution in [1.82, 2.24) is 19.5 Å². The van der Waals surface area contributed by atoms with Crippen LogP contribution in [-0.2, 0) is 5.41 Å². The van der Waals surface area contributed by atoms with Crippen molar-refractivity contribution >= 4 is 21.8 Å². The molecule has 5 nitrogen and oxygen atoms in total. The number of allylic oxidation sites excluding steroid dienone is 4. The lowest BCUT2D eigenvalue weighted by Gasteiger charge is -2.35. The third kappa shape index (κ3) is 4.46. The summed E-state index contributed by atoms with van der Waals surface area (Å²) in [5, 5.41) is 2.22. The smallest absolute Gasteiger partial charge is 0.238 e. The normalized spacial score (nSPS) is 17.3. The Bertz CT molecular complexity index is 2700. The van der Waals surface area contributed by atoms with Crippen molar-refractivity contribution < 1.29 is 4.74 Å². The molecule has 2 aliphatic rings. The first-order chi connectivity index (χ1) is 25.7. The quantitative estimate of drug-likeness (QED) is 0.188. The van der Waals surface area contributed by atoms with Gasteiger partial charge < -0.3 is 4.74 Å². The fourth-order valence-corrected chi connectivity index (χ4v) is 8.13. The number of hydrogen-bond acceptors (Lipinski definition) is 4. The Morgan fingerprint density at radius 1 is 0.558 bits per heavy atom. The Kier molecular flexibility index (Phi) is 6.86. The predicted octanol–water partition coefficient (Wildman–Crippen LogP) is 10.7. The summed E-state index contributed by atoms with van der Waals surface area (Å²) in [7, 11) is 0. The molecule has 246 valence electrons. The van der Waals surface area contributed by atoms with Crippen LogP contribution in [0.15, 0.2) is 182 Å². The maximum absolute atomic E-state index is 6.46. The third-order valence-corrected chi connectivity index (χ3v) is 10.4. The number of hydrogen-bond donors (Lipinski definition) is 0. The molecule has 52 heavy (non-hydrogen) atoms. The Labute approximate surface area is 301 Å². The van der Waals surface area contributed by atoms with Gasteiger partial charge in [-0.25, -0.2) is 4.98 Å². The first-order valence-corrected chi connectivity index (χ1v) is 17.5. The lowest BCUT2D eigenvalue weighted by molar-refractivity contribution is 0.355. The molecule has 5 heteroatoms. The molecule has 0 fully saturated rings. The molecule has 10 rings (SSSR count). The predicted molar refractivity (Wildman–Crippen MR) is 210 cm³/mol. The summed E-state index contributed by atoms with van der Waals surface area (Å²) in [5.41, 5.74) is 9.92. The summed E-state index contributed by atoms with van der Waals surface area (Å²) in [4.78, 5) is 15.3. The van der Waals surface area contributed by atoms with Crippen LogP contribution in [0.1, 0.15) is 16.7 Å². The van der Waals surface area contributed by atoms with E-state index in [1.165, 1.54) is 16.7 Å². The van der Waals surface area contributed by atoms with E-state index in [1.807, 2.05) is 78.9 Å². The van der Waals surface area contributed by atoms with Gasteiger partial charge in [-0.05, 0) is 58.2 Å². The van der Waals surface area contributed by atoms with Crippen LogP contribution in [0.3, 0.4) is 0 Å². The van der Waals surface area contributed by atoms with Crippen LogP contribution in [0.4, 0.5) is 0 Å². The molecule has 3 heterocycles. The fraction of sp³-hybridized carbons (Fsp3) is 0.0426. The average molecular weight is 669 g/mol. The van der Waals surface area contributed by atoms with Gasteiger partial charge in [0.05, 0.1) is 16.4 Å². The maximum atomic E-state index is 6.46. The summed E-state index contributed by atoms with van der Waals surface area (Å²) in [5.74, 6) is 2.66. The highest BCUT2D eigenvalue weighted by Gasteiger charge is 2.48. The zero-order valence-electron chi connectivity index (χ0n) is 28.3.